The van der Waals surface area contributed by atoms with Crippen LogP contribution in [0.2, 0.25) is 0 Å². The first-order valence-electron chi connectivity index (χ1n) is 13.2. The minimum Gasteiger partial charge on any atom is -0.337 e. The van der Waals surface area contributed by atoms with Crippen molar-refractivity contribution in [2.24, 2.45) is 0 Å². The zero-order chi connectivity index (χ0) is 30.5. The molecule has 2 amide bonds. The third kappa shape index (κ3) is 8.31. The molecule has 224 valence electrons. The van der Waals surface area contributed by atoms with Gasteiger partial charge in [0.15, 0.2) is 0 Å². The number of piperazine rings is 1. The Morgan fingerprint density at radius 2 is 1.31 bits per heavy atom. The molecule has 1 aliphatic heterocycles. The minimum atomic E-state index is -5.05. The van der Waals surface area contributed by atoms with E-state index in [1.54, 1.807) is 17.0 Å². The van der Waals surface area contributed by atoms with E-state index in [-0.39, 0.29) is 38.0 Å². The summed E-state index contributed by atoms with van der Waals surface area (Å²) >= 11 is 0. The van der Waals surface area contributed by atoms with Crippen LogP contribution in [0.3, 0.4) is 0 Å². The molecule has 4 rings (SSSR count). The molecule has 1 fully saturated rings. The maximum absolute atomic E-state index is 13.4. The van der Waals surface area contributed by atoms with Gasteiger partial charge in [-0.25, -0.2) is 4.39 Å². The third-order valence-corrected chi connectivity index (χ3v) is 7.02. The van der Waals surface area contributed by atoms with Gasteiger partial charge in [-0.3, -0.25) is 14.5 Å². The van der Waals surface area contributed by atoms with Gasteiger partial charge >= 0.3 is 12.4 Å². The molecule has 0 radical (unpaired) electrons. The highest BCUT2D eigenvalue weighted by molar-refractivity contribution is 5.94. The molecule has 3 aromatic rings. The van der Waals surface area contributed by atoms with Crippen LogP contribution in [0.1, 0.15) is 32.6 Å². The van der Waals surface area contributed by atoms with Crippen LogP contribution in [0.25, 0.3) is 0 Å². The molecule has 12 heteroatoms. The number of amides is 2. The average Bonchev–Trinajstić information content (AvgIpc) is 2.95. The molecule has 1 heterocycles. The molecule has 42 heavy (non-hydrogen) atoms. The molecule has 0 spiro atoms. The SMILES string of the molecule is O=C(Cc1ccccc1)N(CCN1CCN(C(=O)c2cc(C(F)(F)F)cc(C(F)(F)F)c2)CC1)Cc1ccc(F)cc1. The summed E-state index contributed by atoms with van der Waals surface area (Å²) in [6.45, 7) is 1.80. The van der Waals surface area contributed by atoms with Crippen LogP contribution in [0.4, 0.5) is 30.7 Å². The normalized spacial score (nSPS) is 14.6. The van der Waals surface area contributed by atoms with Gasteiger partial charge in [-0.2, -0.15) is 26.3 Å². The second-order valence-corrected chi connectivity index (χ2v) is 10.0. The number of benzene rings is 3. The van der Waals surface area contributed by atoms with Gasteiger partial charge in [0.1, 0.15) is 5.82 Å². The van der Waals surface area contributed by atoms with E-state index in [0.29, 0.717) is 38.3 Å². The van der Waals surface area contributed by atoms with Crippen molar-refractivity contribution < 1.29 is 40.3 Å². The summed E-state index contributed by atoms with van der Waals surface area (Å²) in [7, 11) is 0. The summed E-state index contributed by atoms with van der Waals surface area (Å²) < 4.78 is 92.8. The lowest BCUT2D eigenvalue weighted by Crippen LogP contribution is -2.50. The number of alkyl halides is 6. The molecule has 0 unspecified atom stereocenters. The summed E-state index contributed by atoms with van der Waals surface area (Å²) in [6, 6.07) is 15.9. The van der Waals surface area contributed by atoms with E-state index in [4.69, 9.17) is 0 Å². The van der Waals surface area contributed by atoms with Crippen LogP contribution in [-0.4, -0.2) is 65.8 Å². The Balaban J connectivity index is 1.39. The Morgan fingerprint density at radius 1 is 0.738 bits per heavy atom. The Hall–Kier alpha value is -3.93. The highest BCUT2D eigenvalue weighted by atomic mass is 19.4. The van der Waals surface area contributed by atoms with Crippen molar-refractivity contribution in [2.45, 2.75) is 25.3 Å². The number of carbonyl (C=O) groups is 2. The van der Waals surface area contributed by atoms with Crippen molar-refractivity contribution >= 4 is 11.8 Å². The van der Waals surface area contributed by atoms with Crippen LogP contribution < -0.4 is 0 Å². The van der Waals surface area contributed by atoms with Crippen LogP contribution in [0, 0.1) is 5.82 Å². The number of carbonyl (C=O) groups excluding carboxylic acids is 2. The zero-order valence-corrected chi connectivity index (χ0v) is 22.4. The first-order valence-corrected chi connectivity index (χ1v) is 13.2. The van der Waals surface area contributed by atoms with Crippen LogP contribution >= 0.6 is 0 Å². The largest absolute Gasteiger partial charge is 0.416 e. The van der Waals surface area contributed by atoms with Crippen molar-refractivity contribution in [1.29, 1.82) is 0 Å². The first kappa shape index (κ1) is 31.0. The molecule has 0 N–H and O–H groups in total. The van der Waals surface area contributed by atoms with Crippen LogP contribution in [0.15, 0.2) is 72.8 Å². The quantitative estimate of drug-likeness (QED) is 0.305. The molecule has 0 atom stereocenters. The topological polar surface area (TPSA) is 43.9 Å². The monoisotopic (exact) mass is 595 g/mol. The van der Waals surface area contributed by atoms with Gasteiger partial charge in [0.25, 0.3) is 5.91 Å². The lowest BCUT2D eigenvalue weighted by Gasteiger charge is -2.36. The summed E-state index contributed by atoms with van der Waals surface area (Å²) in [6.07, 6.45) is -9.93. The fourth-order valence-electron chi connectivity index (χ4n) is 4.68. The Kier molecular flexibility index (Phi) is 9.55. The van der Waals surface area contributed by atoms with Crippen molar-refractivity contribution in [1.82, 2.24) is 14.7 Å². The molecule has 0 bridgehead atoms. The van der Waals surface area contributed by atoms with Gasteiger partial charge < -0.3 is 9.80 Å². The molecule has 0 saturated carbocycles. The van der Waals surface area contributed by atoms with Crippen molar-refractivity contribution in [3.63, 3.8) is 0 Å². The fourth-order valence-corrected chi connectivity index (χ4v) is 4.68. The van der Waals surface area contributed by atoms with Gasteiger partial charge in [0.05, 0.1) is 17.5 Å². The second-order valence-electron chi connectivity index (χ2n) is 10.0. The van der Waals surface area contributed by atoms with Crippen molar-refractivity contribution in [2.75, 3.05) is 39.3 Å². The Bertz CT molecular complexity index is 1340. The van der Waals surface area contributed by atoms with Gasteiger partial charge in [0, 0.05) is 51.4 Å². The van der Waals surface area contributed by atoms with E-state index < -0.39 is 40.8 Å². The zero-order valence-electron chi connectivity index (χ0n) is 22.4. The molecular formula is C30H28F7N3O2. The smallest absolute Gasteiger partial charge is 0.337 e. The standard InChI is InChI=1S/C30H28F7N3O2/c31-26-8-6-22(7-9-26)20-40(27(41)16-21-4-2-1-3-5-21)15-12-38-10-13-39(14-11-38)28(42)23-17-24(29(32,33)34)19-25(18-23)30(35,36)37/h1-9,17-19H,10-16,20H2. The number of rotatable bonds is 8. The molecule has 0 aromatic heterocycles. The van der Waals surface area contributed by atoms with Crippen LogP contribution in [0.5, 0.6) is 0 Å². The molecule has 3 aromatic carbocycles. The van der Waals surface area contributed by atoms with E-state index in [1.807, 2.05) is 35.2 Å². The van der Waals surface area contributed by atoms with E-state index in [1.165, 1.54) is 17.0 Å². The Morgan fingerprint density at radius 3 is 1.86 bits per heavy atom. The number of nitrogens with zero attached hydrogens (tertiary/aromatic N) is 3. The maximum atomic E-state index is 13.4. The highest BCUT2D eigenvalue weighted by Crippen LogP contribution is 2.36. The minimum absolute atomic E-state index is 0.00843. The molecule has 0 aliphatic carbocycles. The van der Waals surface area contributed by atoms with Gasteiger partial charge in [-0.15, -0.1) is 0 Å². The van der Waals surface area contributed by atoms with Gasteiger partial charge in [-0.1, -0.05) is 42.5 Å². The van der Waals surface area contributed by atoms with Crippen molar-refractivity contribution in [3.05, 3.63) is 106 Å². The predicted octanol–water partition coefficient (Wildman–Crippen LogP) is 5.89. The van der Waals surface area contributed by atoms with Gasteiger partial charge in [-0.05, 0) is 41.5 Å². The van der Waals surface area contributed by atoms with Crippen molar-refractivity contribution in [3.8, 4) is 0 Å². The Labute approximate surface area is 238 Å². The molecule has 5 nitrogen and oxygen atoms in total. The maximum Gasteiger partial charge on any atom is 0.416 e. The number of halogens is 7. The second kappa shape index (κ2) is 12.9. The average molecular weight is 596 g/mol. The number of hydrogen-bond donors (Lipinski definition) is 0. The molecular weight excluding hydrogens is 567 g/mol. The summed E-state index contributed by atoms with van der Waals surface area (Å²) in [5.41, 5.74) is -2.18. The fraction of sp³-hybridized carbons (Fsp3) is 0.333. The van der Waals surface area contributed by atoms with E-state index in [2.05, 4.69) is 0 Å². The first-order chi connectivity index (χ1) is 19.8. The van der Waals surface area contributed by atoms with E-state index in [9.17, 15) is 40.3 Å². The number of hydrogen-bond acceptors (Lipinski definition) is 3. The lowest BCUT2D eigenvalue weighted by atomic mass is 10.0. The summed E-state index contributed by atoms with van der Waals surface area (Å²) in [4.78, 5) is 30.9. The van der Waals surface area contributed by atoms with Crippen LogP contribution in [-0.2, 0) is 30.1 Å². The summed E-state index contributed by atoms with van der Waals surface area (Å²) in [5.74, 6) is -1.44. The summed E-state index contributed by atoms with van der Waals surface area (Å²) in [5, 5.41) is 0. The molecule has 1 aliphatic rings. The molecule has 1 saturated heterocycles. The third-order valence-electron chi connectivity index (χ3n) is 7.02. The van der Waals surface area contributed by atoms with E-state index in [0.717, 1.165) is 11.1 Å². The van der Waals surface area contributed by atoms with E-state index >= 15 is 0 Å². The van der Waals surface area contributed by atoms with Gasteiger partial charge in [0.2, 0.25) is 5.91 Å². The lowest BCUT2D eigenvalue weighted by molar-refractivity contribution is -0.143. The highest BCUT2D eigenvalue weighted by Gasteiger charge is 2.38. The predicted molar refractivity (Wildman–Crippen MR) is 141 cm³/mol.